The minimum absolute atomic E-state index is 0. The minimum atomic E-state index is -1.61. The first-order valence-electron chi connectivity index (χ1n) is 44.8. The van der Waals surface area contributed by atoms with Crippen molar-refractivity contribution in [3.63, 3.8) is 0 Å². The van der Waals surface area contributed by atoms with Crippen LogP contribution in [0, 0.1) is 62.5 Å². The van der Waals surface area contributed by atoms with Crippen LogP contribution in [-0.2, 0) is 58.1 Å². The quantitative estimate of drug-likeness (QED) is 0.0164. The van der Waals surface area contributed by atoms with Crippen LogP contribution in [0.5, 0.6) is 0 Å². The predicted molar refractivity (Wildman–Crippen MR) is 543 cm³/mol. The molecular weight excluding hydrogens is 1850 g/mol. The molecule has 15 rings (SSSR count). The first-order valence-corrected chi connectivity index (χ1v) is 47.0. The van der Waals surface area contributed by atoms with Gasteiger partial charge in [0.25, 0.3) is 5.69 Å². The number of non-ortho nitro benzene ring substituents is 1. The van der Waals surface area contributed by atoms with Crippen LogP contribution in [0.1, 0.15) is 239 Å². The molecule has 19 nitrogen and oxygen atoms in total. The summed E-state index contributed by atoms with van der Waals surface area (Å²) < 4.78 is 12.9. The number of nitrogens with zero attached hydrogens (tertiary/aromatic N) is 13. The van der Waals surface area contributed by atoms with Crippen LogP contribution < -0.4 is 0 Å². The van der Waals surface area contributed by atoms with Crippen molar-refractivity contribution in [1.82, 2.24) is 58.1 Å². The molecule has 0 bridgehead atoms. The molecule has 133 heavy (non-hydrogen) atoms. The first kappa shape index (κ1) is 106. The van der Waals surface area contributed by atoms with E-state index in [4.69, 9.17) is 77.0 Å². The van der Waals surface area contributed by atoms with E-state index in [1.54, 1.807) is 59.8 Å². The number of rotatable bonds is 21. The number of carbonyl (C=O) groups is 4. The topological polar surface area (TPSA) is 218 Å². The maximum atomic E-state index is 12.4. The summed E-state index contributed by atoms with van der Waals surface area (Å²) in [4.78, 5) is 60.6. The van der Waals surface area contributed by atoms with E-state index < -0.39 is 53.1 Å². The normalized spacial score (nSPS) is 12.8. The second-order valence-corrected chi connectivity index (χ2v) is 39.6. The van der Waals surface area contributed by atoms with Gasteiger partial charge >= 0.3 is 14.2 Å². The fraction of sp³-hybridized carbons (Fsp3) is 0.321. The summed E-state index contributed by atoms with van der Waals surface area (Å²) in [6.07, 6.45) is 5.49. The van der Waals surface area contributed by atoms with Gasteiger partial charge in [-0.1, -0.05) is 270 Å². The third-order valence-corrected chi connectivity index (χ3v) is 24.3. The van der Waals surface area contributed by atoms with Crippen molar-refractivity contribution in [3.8, 4) is 67.5 Å². The number of hydrogen-bond donors (Lipinski definition) is 0. The second kappa shape index (κ2) is 45.6. The summed E-state index contributed by atoms with van der Waals surface area (Å²) in [5, 5.41) is 43.5. The molecule has 27 heteroatoms. The molecule has 2 aliphatic carbocycles. The SMILES string of the molecule is CC(C)(C)C1=CC(c2cc(C3=CC(=O)C(=O)C(C(C)(C)C)=C3)cc([N+](=O)[O-])c2)=CC(=O)C1=O.Cc1cc(-c2ccc(C(C)C)cc2)nn1[BH-](n1nc(-c2ccc(C(C)C)cc2)cc1C)n1nc(-c2ccc(C(C)C)cc2)cc1C.Cc1cc(-c2ccc(C(C)C)cc2)nn1[BH-](n1nc(-c2ccc(C(C)C)cc2)cc1C)n1nc(-c2ccc(C(C)C)cc2)cc1C.ClCCl.ClCCl.[Zn].[Zn]. The number of hydrogen-bond acceptors (Lipinski definition) is 12. The first-order chi connectivity index (χ1) is 61.9. The number of allylic oxidation sites excluding steroid dienone is 8. The molecule has 7 aromatic carbocycles. The van der Waals surface area contributed by atoms with Crippen molar-refractivity contribution < 1.29 is 63.1 Å². The predicted octanol–water partition coefficient (Wildman–Crippen LogP) is 25.9. The summed E-state index contributed by atoms with van der Waals surface area (Å²) in [6.45, 7) is 50.3. The Bertz CT molecular complexity index is 5600. The molecule has 0 unspecified atom stereocenters. The Hall–Kier alpha value is -10.6. The number of carbonyl (C=O) groups excluding carboxylic acids is 4. The molecule has 0 amide bonds. The van der Waals surface area contributed by atoms with Crippen molar-refractivity contribution in [2.75, 3.05) is 10.7 Å². The molecule has 2 aliphatic rings. The number of nitro benzene ring substituents is 1. The molecule has 6 heterocycles. The Morgan fingerprint density at radius 1 is 0.301 bits per heavy atom. The molecule has 0 saturated heterocycles. The largest absolute Gasteiger partial charge is 0.400 e. The van der Waals surface area contributed by atoms with Crippen molar-refractivity contribution in [1.29, 1.82) is 0 Å². The minimum Gasteiger partial charge on any atom is -0.400 e. The summed E-state index contributed by atoms with van der Waals surface area (Å²) in [5.74, 6) is 0.314. The molecule has 0 N–H and O–H groups in total. The van der Waals surface area contributed by atoms with E-state index in [0.29, 0.717) is 68.9 Å². The van der Waals surface area contributed by atoms with Gasteiger partial charge in [0.1, 0.15) is 0 Å². The van der Waals surface area contributed by atoms with Gasteiger partial charge in [-0.2, -0.15) is 0 Å². The van der Waals surface area contributed by atoms with Gasteiger partial charge in [-0.3, -0.25) is 29.3 Å². The molecule has 686 valence electrons. The number of ketones is 4. The fourth-order valence-corrected chi connectivity index (χ4v) is 16.3. The Kier molecular flexibility index (Phi) is 36.4. The van der Waals surface area contributed by atoms with E-state index >= 15 is 0 Å². The van der Waals surface area contributed by atoms with E-state index in [2.05, 4.69) is 334 Å². The van der Waals surface area contributed by atoms with E-state index in [1.807, 2.05) is 0 Å². The number of Topliss-reactive ketones (excluding diaryl/α,β-unsaturated/α-hetero) is 2. The summed E-state index contributed by atoms with van der Waals surface area (Å²) in [6, 6.07) is 70.0. The number of alkyl halides is 4. The Morgan fingerprint density at radius 3 is 0.624 bits per heavy atom. The third kappa shape index (κ3) is 25.3. The number of aryl methyl sites for hydroxylation is 6. The van der Waals surface area contributed by atoms with Crippen LogP contribution >= 0.6 is 46.4 Å². The van der Waals surface area contributed by atoms with Gasteiger partial charge in [-0.15, -0.1) is 46.4 Å². The average Bonchev–Trinajstić information content (AvgIpc) is 1.76. The number of nitro groups is 1. The molecular formula is C106H121B2Cl4N13O6Zn2-2. The smallest absolute Gasteiger partial charge is 0.326 e. The van der Waals surface area contributed by atoms with Gasteiger partial charge in [0.2, 0.25) is 23.1 Å². The number of halogens is 4. The summed E-state index contributed by atoms with van der Waals surface area (Å²) in [5.41, 5.74) is 27.4. The maximum Gasteiger partial charge on any atom is 0.326 e. The molecule has 0 aliphatic heterocycles. The zero-order chi connectivity index (χ0) is 95.7. The Labute approximate surface area is 830 Å². The van der Waals surface area contributed by atoms with E-state index in [1.165, 1.54) is 57.7 Å². The molecule has 0 saturated carbocycles. The van der Waals surface area contributed by atoms with Gasteiger partial charge < -0.3 is 27.6 Å². The Balaban J connectivity index is 0.000000219. The van der Waals surface area contributed by atoms with Gasteiger partial charge in [0, 0.05) is 95.6 Å². The molecule has 0 radical (unpaired) electrons. The van der Waals surface area contributed by atoms with Crippen LogP contribution in [0.3, 0.4) is 0 Å². The zero-order valence-corrected chi connectivity index (χ0v) is 90.3. The Morgan fingerprint density at radius 2 is 0.474 bits per heavy atom. The van der Waals surface area contributed by atoms with Crippen molar-refractivity contribution >= 4 is 101 Å². The van der Waals surface area contributed by atoms with Crippen LogP contribution in [0.4, 0.5) is 5.69 Å². The number of aromatic nitrogens is 12. The van der Waals surface area contributed by atoms with Gasteiger partial charge in [0.15, 0.2) is 0 Å². The van der Waals surface area contributed by atoms with Crippen molar-refractivity contribution in [2.24, 2.45) is 10.8 Å². The fourth-order valence-electron chi connectivity index (χ4n) is 16.3. The van der Waals surface area contributed by atoms with Crippen LogP contribution in [0.2, 0.25) is 0 Å². The van der Waals surface area contributed by atoms with Gasteiger partial charge in [-0.25, -0.2) is 30.6 Å². The van der Waals surface area contributed by atoms with Crippen molar-refractivity contribution in [3.05, 3.63) is 324 Å². The standard InChI is InChI=1S/2C39H46BN6.C26H25NO6.2CH2Cl2.2Zn/c2*1-25(2)31-10-16-34(17-11-31)37-22-28(7)44(41-37)40(45-29(8)23-38(42-45)35-18-12-32(13-19-35)26(3)4)46-30(9)24-39(43-46)36-20-14-33(15-21-36)27(5)6;1-25(2,3)19-10-16(12-21(28)23(19)30)14-7-15(9-18(8-14)27(32)33)17-11-20(26(4,5)6)24(31)22(29)13-17;2*2-1-3;;/h2*10-27,40H,1-9H3;7-13H,1-6H3;2*1H2;;/q2*-1;;;;;. The molecule has 6 aromatic heterocycles. The van der Waals surface area contributed by atoms with Crippen molar-refractivity contribution in [2.45, 2.75) is 202 Å². The molecule has 13 aromatic rings. The van der Waals surface area contributed by atoms with Gasteiger partial charge in [-0.05, 0) is 244 Å². The average molecular weight is 1970 g/mol. The zero-order valence-electron chi connectivity index (χ0n) is 81.3. The monoisotopic (exact) mass is 1960 g/mol. The summed E-state index contributed by atoms with van der Waals surface area (Å²) >= 11 is 19.1. The second-order valence-electron chi connectivity index (χ2n) is 38.0. The molecule has 0 atom stereocenters. The van der Waals surface area contributed by atoms with Crippen LogP contribution in [0.25, 0.3) is 78.7 Å². The van der Waals surface area contributed by atoms with Crippen LogP contribution in [0.15, 0.2) is 236 Å². The third-order valence-electron chi connectivity index (χ3n) is 24.3. The van der Waals surface area contributed by atoms with E-state index in [0.717, 1.165) is 102 Å². The molecule has 0 spiro atoms. The van der Waals surface area contributed by atoms with E-state index in [-0.39, 0.29) is 55.3 Å². The summed E-state index contributed by atoms with van der Waals surface area (Å²) in [7, 11) is -3.22. The number of benzene rings is 7. The maximum absolute atomic E-state index is 12.4. The van der Waals surface area contributed by atoms with Crippen LogP contribution in [-0.4, -0.2) is 111 Å². The van der Waals surface area contributed by atoms with E-state index in [9.17, 15) is 29.3 Å². The molecule has 0 fully saturated rings. The van der Waals surface area contributed by atoms with Gasteiger partial charge in [0.05, 0.1) is 49.8 Å².